The Bertz CT molecular complexity index is 3980. The van der Waals surface area contributed by atoms with Gasteiger partial charge in [0.1, 0.15) is 0 Å². The molecule has 2 nitrogen and oxygen atoms in total. The second-order valence-corrected chi connectivity index (χ2v) is 22.7. The Kier molecular flexibility index (Phi) is 7.23. The molecule has 11 aromatic rings. The molecule has 15 rings (SSSR count). The molecular weight excluding hydrogens is 828 g/mol. The SMILES string of the molecule is CC(C)(C)c1cc(-n2c3ccccc3c3cc4c5c(c6ccccc6n5-c5cccc6c5B4c4cc5c(cc4S6)C4(c6ccccc6-c6ccccc64)c4ccccc4-5)c32)cc(C(C)(C)C)c1. The third kappa shape index (κ3) is 4.70. The highest BCUT2D eigenvalue weighted by atomic mass is 32.2. The summed E-state index contributed by atoms with van der Waals surface area (Å²) in [5.74, 6) is 0. The zero-order valence-electron chi connectivity index (χ0n) is 38.6. The van der Waals surface area contributed by atoms with Gasteiger partial charge in [0.05, 0.1) is 27.5 Å². The van der Waals surface area contributed by atoms with Crippen LogP contribution in [0.2, 0.25) is 0 Å². The van der Waals surface area contributed by atoms with Crippen LogP contribution in [0.4, 0.5) is 0 Å². The molecule has 2 aliphatic carbocycles. The first-order valence-corrected chi connectivity index (χ1v) is 24.8. The second-order valence-electron chi connectivity index (χ2n) is 21.6. The van der Waals surface area contributed by atoms with Crippen LogP contribution in [0.25, 0.3) is 77.2 Å². The number of benzene rings is 9. The van der Waals surface area contributed by atoms with E-state index in [9.17, 15) is 0 Å². The second kappa shape index (κ2) is 12.7. The summed E-state index contributed by atoms with van der Waals surface area (Å²) in [6.45, 7) is 14.1. The highest BCUT2D eigenvalue weighted by Gasteiger charge is 2.53. The van der Waals surface area contributed by atoms with E-state index in [1.54, 1.807) is 0 Å². The average Bonchev–Trinajstić information content (AvgIpc) is 4.04. The van der Waals surface area contributed by atoms with Crippen LogP contribution in [0, 0.1) is 0 Å². The van der Waals surface area contributed by atoms with Crippen molar-refractivity contribution in [1.82, 2.24) is 9.13 Å². The molecule has 0 saturated heterocycles. The zero-order chi connectivity index (χ0) is 44.9. The van der Waals surface area contributed by atoms with E-state index >= 15 is 0 Å². The van der Waals surface area contributed by atoms with Gasteiger partial charge in [-0.15, -0.1) is 0 Å². The van der Waals surface area contributed by atoms with E-state index in [4.69, 9.17) is 0 Å². The van der Waals surface area contributed by atoms with Crippen molar-refractivity contribution in [3.63, 3.8) is 0 Å². The van der Waals surface area contributed by atoms with Crippen LogP contribution in [0.5, 0.6) is 0 Å². The number of para-hydroxylation sites is 2. The van der Waals surface area contributed by atoms with Gasteiger partial charge in [-0.2, -0.15) is 0 Å². The molecule has 67 heavy (non-hydrogen) atoms. The quantitative estimate of drug-likeness (QED) is 0.149. The van der Waals surface area contributed by atoms with Crippen LogP contribution >= 0.6 is 11.8 Å². The Morgan fingerprint density at radius 3 is 1.64 bits per heavy atom. The Morgan fingerprint density at radius 1 is 0.433 bits per heavy atom. The summed E-state index contributed by atoms with van der Waals surface area (Å²) in [5, 5.41) is 5.23. The van der Waals surface area contributed by atoms with Crippen LogP contribution in [-0.2, 0) is 16.2 Å². The molecule has 0 bridgehead atoms. The molecule has 0 radical (unpaired) electrons. The van der Waals surface area contributed by atoms with Crippen molar-refractivity contribution in [2.24, 2.45) is 0 Å². The molecule has 1 spiro atoms. The standard InChI is InChI=1S/C63H47BN2S/c1-61(2,3)36-30-37(62(4,5)6)32-38(31-36)65-52-26-15-10-21-42(52)45-34-51-60-57(59(45)65)43-22-11-16-27-53(43)66(60)54-28-17-29-55-58(54)64(51)50-33-44-41-20-9-14-25-48(41)63(49(44)35-56(50)67-55)46-23-12-7-18-39(46)40-19-8-13-24-47(40)63/h7-35H,1-6H3. The summed E-state index contributed by atoms with van der Waals surface area (Å²) < 4.78 is 5.24. The summed E-state index contributed by atoms with van der Waals surface area (Å²) in [6, 6.07) is 68.2. The molecule has 0 fully saturated rings. The number of aromatic nitrogens is 2. The lowest BCUT2D eigenvalue weighted by atomic mass is 9.35. The Hall–Kier alpha value is -7.01. The first kappa shape index (κ1) is 38.1. The molecule has 0 N–H and O–H groups in total. The molecule has 0 atom stereocenters. The lowest BCUT2D eigenvalue weighted by molar-refractivity contribution is 0.568. The minimum atomic E-state index is -0.388. The normalized spacial score (nSPS) is 14.7. The van der Waals surface area contributed by atoms with Crippen LogP contribution in [-0.4, -0.2) is 15.8 Å². The monoisotopic (exact) mass is 874 g/mol. The van der Waals surface area contributed by atoms with Gasteiger partial charge in [0.15, 0.2) is 0 Å². The molecule has 0 saturated carbocycles. The van der Waals surface area contributed by atoms with Gasteiger partial charge in [0, 0.05) is 42.7 Å². The summed E-state index contributed by atoms with van der Waals surface area (Å²) in [4.78, 5) is 2.70. The highest BCUT2D eigenvalue weighted by molar-refractivity contribution is 8.00. The van der Waals surface area contributed by atoms with E-state index in [-0.39, 0.29) is 23.0 Å². The molecule has 9 aromatic carbocycles. The molecule has 0 unspecified atom stereocenters. The number of rotatable bonds is 1. The van der Waals surface area contributed by atoms with Gasteiger partial charge in [-0.3, -0.25) is 0 Å². The molecule has 4 aliphatic rings. The first-order valence-electron chi connectivity index (χ1n) is 24.0. The molecule has 2 aromatic heterocycles. The topological polar surface area (TPSA) is 9.86 Å². The third-order valence-electron chi connectivity index (χ3n) is 16.0. The average molecular weight is 875 g/mol. The largest absolute Gasteiger partial charge is 0.310 e. The van der Waals surface area contributed by atoms with Crippen LogP contribution in [0.15, 0.2) is 186 Å². The fourth-order valence-electron chi connectivity index (χ4n) is 13.1. The Labute approximate surface area is 396 Å². The minimum Gasteiger partial charge on any atom is -0.310 e. The third-order valence-corrected chi connectivity index (χ3v) is 17.2. The van der Waals surface area contributed by atoms with Gasteiger partial charge in [0.25, 0.3) is 0 Å². The summed E-state index contributed by atoms with van der Waals surface area (Å²) in [6.07, 6.45) is 0. The molecule has 4 heteroatoms. The Morgan fingerprint density at radius 2 is 1.00 bits per heavy atom. The lowest BCUT2D eigenvalue weighted by Crippen LogP contribution is -2.58. The number of hydrogen-bond donors (Lipinski definition) is 0. The van der Waals surface area contributed by atoms with Crippen LogP contribution in [0.1, 0.15) is 74.9 Å². The van der Waals surface area contributed by atoms with Gasteiger partial charge in [0.2, 0.25) is 6.71 Å². The molecule has 318 valence electrons. The summed E-state index contributed by atoms with van der Waals surface area (Å²) >= 11 is 1.97. The molecule has 4 heterocycles. The highest BCUT2D eigenvalue weighted by Crippen LogP contribution is 2.63. The van der Waals surface area contributed by atoms with Crippen LogP contribution in [0.3, 0.4) is 0 Å². The van der Waals surface area contributed by atoms with Gasteiger partial charge >= 0.3 is 0 Å². The van der Waals surface area contributed by atoms with E-state index in [1.165, 1.54) is 137 Å². The van der Waals surface area contributed by atoms with Crippen molar-refractivity contribution in [3.8, 4) is 33.6 Å². The fraction of sp³-hybridized carbons (Fsp3) is 0.143. The maximum Gasteiger partial charge on any atom is 0.249 e. The predicted molar refractivity (Wildman–Crippen MR) is 284 cm³/mol. The number of hydrogen-bond acceptors (Lipinski definition) is 1. The van der Waals surface area contributed by atoms with E-state index in [1.807, 2.05) is 11.8 Å². The van der Waals surface area contributed by atoms with E-state index < -0.39 is 0 Å². The van der Waals surface area contributed by atoms with Crippen molar-refractivity contribution >= 4 is 78.5 Å². The fourth-order valence-corrected chi connectivity index (χ4v) is 14.3. The van der Waals surface area contributed by atoms with Crippen LogP contribution < -0.4 is 16.4 Å². The summed E-state index contributed by atoms with van der Waals surface area (Å²) in [5.41, 5.74) is 25.1. The molecule has 2 aliphatic heterocycles. The minimum absolute atomic E-state index is 0.0210. The Balaban J connectivity index is 1.07. The zero-order valence-corrected chi connectivity index (χ0v) is 39.4. The van der Waals surface area contributed by atoms with Gasteiger partial charge < -0.3 is 9.13 Å². The van der Waals surface area contributed by atoms with Crippen molar-refractivity contribution in [1.29, 1.82) is 0 Å². The van der Waals surface area contributed by atoms with E-state index in [0.717, 1.165) is 0 Å². The first-order chi connectivity index (χ1) is 32.5. The maximum absolute atomic E-state index is 2.63. The van der Waals surface area contributed by atoms with Crippen molar-refractivity contribution in [2.45, 2.75) is 67.6 Å². The van der Waals surface area contributed by atoms with Gasteiger partial charge in [-0.1, -0.05) is 192 Å². The maximum atomic E-state index is 2.63. The predicted octanol–water partition coefficient (Wildman–Crippen LogP) is 14.1. The summed E-state index contributed by atoms with van der Waals surface area (Å²) in [7, 11) is 0. The number of nitrogens with zero attached hydrogens (tertiary/aromatic N) is 2. The van der Waals surface area contributed by atoms with E-state index in [2.05, 4.69) is 227 Å². The van der Waals surface area contributed by atoms with Crippen molar-refractivity contribution < 1.29 is 0 Å². The smallest absolute Gasteiger partial charge is 0.249 e. The number of fused-ring (bicyclic) bond motifs is 21. The molecular formula is C63H47BN2S. The van der Waals surface area contributed by atoms with E-state index in [0.29, 0.717) is 0 Å². The van der Waals surface area contributed by atoms with Gasteiger partial charge in [-0.25, -0.2) is 0 Å². The van der Waals surface area contributed by atoms with Crippen molar-refractivity contribution in [2.75, 3.05) is 0 Å². The lowest BCUT2D eigenvalue weighted by Gasteiger charge is -2.35. The van der Waals surface area contributed by atoms with Gasteiger partial charge in [-0.05, 0) is 120 Å². The molecule has 0 amide bonds. The van der Waals surface area contributed by atoms with Crippen molar-refractivity contribution in [3.05, 3.63) is 209 Å².